The van der Waals surface area contributed by atoms with Crippen molar-refractivity contribution >= 4 is 28.5 Å². The number of rotatable bonds is 5. The van der Waals surface area contributed by atoms with Crippen LogP contribution in [-0.4, -0.2) is 13.0 Å². The topological polar surface area (TPSA) is 61.5 Å². The first-order valence-corrected chi connectivity index (χ1v) is 7.03. The molecular formula is C15H14INO3. The van der Waals surface area contributed by atoms with Crippen LogP contribution in [0.15, 0.2) is 42.5 Å². The average molecular weight is 383 g/mol. The summed E-state index contributed by atoms with van der Waals surface area (Å²) in [5.41, 5.74) is 6.68. The molecule has 0 saturated carbocycles. The SMILES string of the molecule is COc1cc(C(N)=O)ccc1OCc1ccc(I)cc1. The number of benzene rings is 2. The molecule has 2 aromatic carbocycles. The maximum atomic E-state index is 11.1. The second-order valence-electron chi connectivity index (χ2n) is 4.15. The zero-order valence-corrected chi connectivity index (χ0v) is 13.1. The van der Waals surface area contributed by atoms with Gasteiger partial charge in [-0.15, -0.1) is 0 Å². The van der Waals surface area contributed by atoms with Gasteiger partial charge >= 0.3 is 0 Å². The highest BCUT2D eigenvalue weighted by molar-refractivity contribution is 14.1. The zero-order chi connectivity index (χ0) is 14.5. The predicted molar refractivity (Wildman–Crippen MR) is 85.0 cm³/mol. The fourth-order valence-corrected chi connectivity index (χ4v) is 2.04. The number of nitrogens with two attached hydrogens (primary N) is 1. The molecule has 4 nitrogen and oxygen atoms in total. The molecule has 104 valence electrons. The van der Waals surface area contributed by atoms with E-state index in [9.17, 15) is 4.79 Å². The molecule has 20 heavy (non-hydrogen) atoms. The molecule has 0 spiro atoms. The van der Waals surface area contributed by atoms with Gasteiger partial charge in [-0.25, -0.2) is 0 Å². The van der Waals surface area contributed by atoms with Gasteiger partial charge in [0, 0.05) is 9.13 Å². The molecule has 0 aliphatic heterocycles. The first kappa shape index (κ1) is 14.6. The highest BCUT2D eigenvalue weighted by Gasteiger charge is 2.09. The van der Waals surface area contributed by atoms with E-state index in [1.165, 1.54) is 10.7 Å². The van der Waals surface area contributed by atoms with Crippen LogP contribution in [-0.2, 0) is 6.61 Å². The van der Waals surface area contributed by atoms with Crippen molar-refractivity contribution in [2.75, 3.05) is 7.11 Å². The molecule has 0 aromatic heterocycles. The van der Waals surface area contributed by atoms with E-state index in [0.29, 0.717) is 23.7 Å². The normalized spacial score (nSPS) is 10.1. The van der Waals surface area contributed by atoms with Gasteiger partial charge in [-0.1, -0.05) is 12.1 Å². The van der Waals surface area contributed by atoms with E-state index < -0.39 is 5.91 Å². The van der Waals surface area contributed by atoms with Crippen molar-refractivity contribution in [3.8, 4) is 11.5 Å². The van der Waals surface area contributed by atoms with Gasteiger partial charge in [0.15, 0.2) is 11.5 Å². The van der Waals surface area contributed by atoms with Gasteiger partial charge in [0.25, 0.3) is 0 Å². The Morgan fingerprint density at radius 3 is 2.45 bits per heavy atom. The Kier molecular flexibility index (Phi) is 4.84. The molecule has 0 aliphatic rings. The number of amides is 1. The number of halogens is 1. The van der Waals surface area contributed by atoms with Gasteiger partial charge in [-0.3, -0.25) is 4.79 Å². The maximum Gasteiger partial charge on any atom is 0.248 e. The van der Waals surface area contributed by atoms with Crippen molar-refractivity contribution in [1.29, 1.82) is 0 Å². The number of hydrogen-bond acceptors (Lipinski definition) is 3. The van der Waals surface area contributed by atoms with E-state index in [1.807, 2.05) is 24.3 Å². The first-order valence-electron chi connectivity index (χ1n) is 5.95. The Morgan fingerprint density at radius 2 is 1.85 bits per heavy atom. The standard InChI is InChI=1S/C15H14INO3/c1-19-14-8-11(15(17)18)4-7-13(14)20-9-10-2-5-12(16)6-3-10/h2-8H,9H2,1H3,(H2,17,18). The van der Waals surface area contributed by atoms with Crippen molar-refractivity contribution in [1.82, 2.24) is 0 Å². The summed E-state index contributed by atoms with van der Waals surface area (Å²) in [6.45, 7) is 0.434. The number of methoxy groups -OCH3 is 1. The zero-order valence-electron chi connectivity index (χ0n) is 10.9. The third-order valence-electron chi connectivity index (χ3n) is 2.76. The van der Waals surface area contributed by atoms with Crippen LogP contribution in [0.4, 0.5) is 0 Å². The third-order valence-corrected chi connectivity index (χ3v) is 3.47. The molecule has 0 unspecified atom stereocenters. The molecule has 0 heterocycles. The highest BCUT2D eigenvalue weighted by Crippen LogP contribution is 2.28. The number of ether oxygens (including phenoxy) is 2. The smallest absolute Gasteiger partial charge is 0.248 e. The molecule has 1 amide bonds. The Hall–Kier alpha value is -1.76. The highest BCUT2D eigenvalue weighted by atomic mass is 127. The maximum absolute atomic E-state index is 11.1. The lowest BCUT2D eigenvalue weighted by molar-refractivity contribution is 0.1000. The molecular weight excluding hydrogens is 369 g/mol. The summed E-state index contributed by atoms with van der Waals surface area (Å²) >= 11 is 2.25. The van der Waals surface area contributed by atoms with E-state index in [0.717, 1.165) is 5.56 Å². The number of primary amides is 1. The molecule has 0 fully saturated rings. The van der Waals surface area contributed by atoms with Crippen molar-refractivity contribution in [3.05, 3.63) is 57.2 Å². The van der Waals surface area contributed by atoms with E-state index in [2.05, 4.69) is 22.6 Å². The lowest BCUT2D eigenvalue weighted by Crippen LogP contribution is -2.11. The quantitative estimate of drug-likeness (QED) is 0.808. The second-order valence-corrected chi connectivity index (χ2v) is 5.39. The Bertz CT molecular complexity index is 611. The van der Waals surface area contributed by atoms with Gasteiger partial charge < -0.3 is 15.2 Å². The largest absolute Gasteiger partial charge is 0.493 e. The van der Waals surface area contributed by atoms with Crippen molar-refractivity contribution in [2.45, 2.75) is 6.61 Å². The molecule has 2 N–H and O–H groups in total. The average Bonchev–Trinajstić information content (AvgIpc) is 2.46. The van der Waals surface area contributed by atoms with Gasteiger partial charge in [0.2, 0.25) is 5.91 Å². The third kappa shape index (κ3) is 3.63. The van der Waals surface area contributed by atoms with Gasteiger partial charge in [0.05, 0.1) is 7.11 Å². The molecule has 5 heteroatoms. The van der Waals surface area contributed by atoms with Crippen LogP contribution in [0.3, 0.4) is 0 Å². The van der Waals surface area contributed by atoms with Crippen molar-refractivity contribution in [2.24, 2.45) is 5.73 Å². The molecule has 0 bridgehead atoms. The van der Waals surface area contributed by atoms with Crippen molar-refractivity contribution in [3.63, 3.8) is 0 Å². The molecule has 0 saturated heterocycles. The fourth-order valence-electron chi connectivity index (χ4n) is 1.68. The Morgan fingerprint density at radius 1 is 1.15 bits per heavy atom. The lowest BCUT2D eigenvalue weighted by atomic mass is 10.2. The van der Waals surface area contributed by atoms with Crippen LogP contribution < -0.4 is 15.2 Å². The van der Waals surface area contributed by atoms with E-state index in [-0.39, 0.29) is 0 Å². The van der Waals surface area contributed by atoms with Crippen LogP contribution >= 0.6 is 22.6 Å². The molecule has 0 radical (unpaired) electrons. The van der Waals surface area contributed by atoms with Crippen LogP contribution in [0.2, 0.25) is 0 Å². The minimum Gasteiger partial charge on any atom is -0.493 e. The summed E-state index contributed by atoms with van der Waals surface area (Å²) in [6, 6.07) is 12.9. The van der Waals surface area contributed by atoms with Crippen LogP contribution in [0.5, 0.6) is 11.5 Å². The van der Waals surface area contributed by atoms with E-state index >= 15 is 0 Å². The monoisotopic (exact) mass is 383 g/mol. The van der Waals surface area contributed by atoms with E-state index in [1.54, 1.807) is 18.2 Å². The van der Waals surface area contributed by atoms with Crippen molar-refractivity contribution < 1.29 is 14.3 Å². The number of carbonyl (C=O) groups is 1. The predicted octanol–water partition coefficient (Wildman–Crippen LogP) is 2.98. The number of carbonyl (C=O) groups excluding carboxylic acids is 1. The molecule has 2 aromatic rings. The summed E-state index contributed by atoms with van der Waals surface area (Å²) in [5, 5.41) is 0. The van der Waals surface area contributed by atoms with Crippen LogP contribution in [0.1, 0.15) is 15.9 Å². The second kappa shape index (κ2) is 6.60. The minimum atomic E-state index is -0.493. The van der Waals surface area contributed by atoms with Crippen LogP contribution in [0, 0.1) is 3.57 Å². The number of hydrogen-bond donors (Lipinski definition) is 1. The summed E-state index contributed by atoms with van der Waals surface area (Å²) < 4.78 is 12.1. The summed E-state index contributed by atoms with van der Waals surface area (Å²) in [6.07, 6.45) is 0. The van der Waals surface area contributed by atoms with Gasteiger partial charge in [0.1, 0.15) is 6.61 Å². The fraction of sp³-hybridized carbons (Fsp3) is 0.133. The summed E-state index contributed by atoms with van der Waals surface area (Å²) in [4.78, 5) is 11.1. The van der Waals surface area contributed by atoms with Gasteiger partial charge in [-0.2, -0.15) is 0 Å². The summed E-state index contributed by atoms with van der Waals surface area (Å²) in [5.74, 6) is 0.579. The molecule has 0 atom stereocenters. The van der Waals surface area contributed by atoms with E-state index in [4.69, 9.17) is 15.2 Å². The Labute approximate surface area is 131 Å². The van der Waals surface area contributed by atoms with Crippen LogP contribution in [0.25, 0.3) is 0 Å². The first-order chi connectivity index (χ1) is 9.60. The molecule has 2 rings (SSSR count). The Balaban J connectivity index is 2.12. The minimum absolute atomic E-state index is 0.392. The lowest BCUT2D eigenvalue weighted by Gasteiger charge is -2.11. The van der Waals surface area contributed by atoms with Gasteiger partial charge in [-0.05, 0) is 58.5 Å². The summed E-state index contributed by atoms with van der Waals surface area (Å²) in [7, 11) is 1.53. The molecule has 0 aliphatic carbocycles.